The van der Waals surface area contributed by atoms with E-state index >= 15 is 0 Å². The summed E-state index contributed by atoms with van der Waals surface area (Å²) in [5, 5.41) is 10.6. The summed E-state index contributed by atoms with van der Waals surface area (Å²) in [7, 11) is 1.54. The van der Waals surface area contributed by atoms with Gasteiger partial charge in [0.25, 0.3) is 5.91 Å². The zero-order valence-electron chi connectivity index (χ0n) is 29.7. The van der Waals surface area contributed by atoms with E-state index < -0.39 is 52.6 Å². The summed E-state index contributed by atoms with van der Waals surface area (Å²) in [5.74, 6) is -2.76. The SMILES string of the molecule is COc1c(C)cc(C2=NO[C@]3(C2)C[C@@H](C(=O)N[C@@H](CC2CC2)C(=O)C(N)=O)N(C(=O)[C@@H](NC(=O)[C@H]2C[C@@H]2c2ccccc2)C(C)(C)C)C3)cc1Cl. The number of likely N-dealkylation sites (tertiary alicyclic amines) is 1. The molecule has 6 rings (SSSR count). The van der Waals surface area contributed by atoms with Crippen molar-refractivity contribution in [2.24, 2.45) is 28.1 Å². The molecule has 1 spiro atoms. The minimum absolute atomic E-state index is 0.00460. The predicted octanol–water partition coefficient (Wildman–Crippen LogP) is 3.80. The van der Waals surface area contributed by atoms with E-state index in [1.54, 1.807) is 13.2 Å². The Bertz CT molecular complexity index is 1750. The fraction of sp³-hybridized carbons (Fsp3) is 0.526. The Morgan fingerprint density at radius 1 is 1.10 bits per heavy atom. The van der Waals surface area contributed by atoms with Gasteiger partial charge in [0.15, 0.2) is 5.60 Å². The monoisotopic (exact) mass is 719 g/mol. The number of rotatable bonds is 12. The van der Waals surface area contributed by atoms with Crippen LogP contribution < -0.4 is 21.1 Å². The third-order valence-corrected chi connectivity index (χ3v) is 10.8. The lowest BCUT2D eigenvalue weighted by atomic mass is 9.85. The van der Waals surface area contributed by atoms with Crippen LogP contribution in [0.4, 0.5) is 0 Å². The highest BCUT2D eigenvalue weighted by Crippen LogP contribution is 2.48. The fourth-order valence-corrected chi connectivity index (χ4v) is 7.76. The molecule has 2 aromatic carbocycles. The van der Waals surface area contributed by atoms with Gasteiger partial charge in [0.05, 0.1) is 30.4 Å². The van der Waals surface area contributed by atoms with Crippen molar-refractivity contribution in [1.29, 1.82) is 0 Å². The molecule has 2 aromatic rings. The Balaban J connectivity index is 1.26. The quantitative estimate of drug-likeness (QED) is 0.280. The van der Waals surface area contributed by atoms with Crippen molar-refractivity contribution >= 4 is 46.7 Å². The molecule has 4 N–H and O–H groups in total. The van der Waals surface area contributed by atoms with E-state index in [4.69, 9.17) is 26.9 Å². The van der Waals surface area contributed by atoms with Gasteiger partial charge >= 0.3 is 0 Å². The van der Waals surface area contributed by atoms with Crippen LogP contribution in [0.15, 0.2) is 47.6 Å². The van der Waals surface area contributed by atoms with Crippen LogP contribution in [0, 0.1) is 24.2 Å². The Morgan fingerprint density at radius 2 is 1.80 bits per heavy atom. The number of halogens is 1. The number of nitrogens with zero attached hydrogens (tertiary/aromatic N) is 2. The van der Waals surface area contributed by atoms with Crippen LogP contribution >= 0.6 is 11.6 Å². The van der Waals surface area contributed by atoms with Crippen molar-refractivity contribution in [2.45, 2.75) is 95.9 Å². The number of ketones is 1. The van der Waals surface area contributed by atoms with E-state index in [1.807, 2.05) is 64.1 Å². The second kappa shape index (κ2) is 13.9. The summed E-state index contributed by atoms with van der Waals surface area (Å²) in [5.41, 5.74) is 6.74. The van der Waals surface area contributed by atoms with Gasteiger partial charge in [-0.3, -0.25) is 24.0 Å². The van der Waals surface area contributed by atoms with Gasteiger partial charge in [0, 0.05) is 24.3 Å². The zero-order chi connectivity index (χ0) is 36.8. The highest BCUT2D eigenvalue weighted by atomic mass is 35.5. The molecular weight excluding hydrogens is 674 g/mol. The van der Waals surface area contributed by atoms with Crippen LogP contribution in [0.1, 0.15) is 81.9 Å². The minimum Gasteiger partial charge on any atom is -0.495 e. The molecule has 51 heavy (non-hydrogen) atoms. The molecule has 0 radical (unpaired) electrons. The van der Waals surface area contributed by atoms with Crippen LogP contribution in [0.3, 0.4) is 0 Å². The lowest BCUT2D eigenvalue weighted by Crippen LogP contribution is -2.59. The van der Waals surface area contributed by atoms with Crippen molar-refractivity contribution in [3.8, 4) is 5.75 Å². The Kier molecular flexibility index (Phi) is 9.93. The van der Waals surface area contributed by atoms with Crippen molar-refractivity contribution in [3.63, 3.8) is 0 Å². The number of hydrogen-bond donors (Lipinski definition) is 3. The molecule has 272 valence electrons. The lowest BCUT2D eigenvalue weighted by Gasteiger charge is -2.35. The molecule has 13 heteroatoms. The van der Waals surface area contributed by atoms with Crippen molar-refractivity contribution in [3.05, 3.63) is 64.2 Å². The second-order valence-corrected chi connectivity index (χ2v) is 16.0. The lowest BCUT2D eigenvalue weighted by molar-refractivity contribution is -0.145. The third-order valence-electron chi connectivity index (χ3n) is 10.5. The molecule has 0 aromatic heterocycles. The Morgan fingerprint density at radius 3 is 2.41 bits per heavy atom. The molecule has 2 aliphatic heterocycles. The van der Waals surface area contributed by atoms with Gasteiger partial charge in [-0.1, -0.05) is 80.7 Å². The smallest absolute Gasteiger partial charge is 0.287 e. The van der Waals surface area contributed by atoms with E-state index in [0.29, 0.717) is 22.9 Å². The number of carbonyl (C=O) groups is 5. The van der Waals surface area contributed by atoms with Gasteiger partial charge in [-0.2, -0.15) is 0 Å². The number of benzene rings is 2. The summed E-state index contributed by atoms with van der Waals surface area (Å²) in [4.78, 5) is 74.7. The Hall–Kier alpha value is -4.45. The first-order valence-corrected chi connectivity index (χ1v) is 17.9. The summed E-state index contributed by atoms with van der Waals surface area (Å²) in [6.07, 6.45) is 3.06. The summed E-state index contributed by atoms with van der Waals surface area (Å²) >= 11 is 6.50. The highest BCUT2D eigenvalue weighted by Gasteiger charge is 2.56. The van der Waals surface area contributed by atoms with Crippen LogP contribution in [0.25, 0.3) is 0 Å². The maximum absolute atomic E-state index is 14.7. The standard InChI is InChI=1S/C38H46ClN5O7/c1-20-13-23(15-26(39)31(20)50-5)28-17-38(51-43-28)18-29(35(48)41-27(14-21-11-12-21)30(45)33(40)46)44(19-38)36(49)32(37(2,3)4)42-34(47)25-16-24(25)22-9-7-6-8-10-22/h6-10,13,15,21,24-25,27,29,32H,11-12,14,16-19H2,1-5H3,(H2,40,46)(H,41,48)(H,42,47)/t24-,25+,27+,29+,32-,38-/m1/s1. The van der Waals surface area contributed by atoms with Crippen molar-refractivity contribution in [1.82, 2.24) is 15.5 Å². The topological polar surface area (TPSA) is 169 Å². The number of carbonyl (C=O) groups excluding carboxylic acids is 5. The number of Topliss-reactive ketones (excluding diaryl/α,β-unsaturated/α-hetero) is 1. The molecule has 2 saturated carbocycles. The zero-order valence-corrected chi connectivity index (χ0v) is 30.4. The number of ether oxygens (including phenoxy) is 1. The number of nitrogens with two attached hydrogens (primary N) is 1. The van der Waals surface area contributed by atoms with Gasteiger partial charge in [0.1, 0.15) is 17.8 Å². The molecule has 6 atom stereocenters. The summed E-state index contributed by atoms with van der Waals surface area (Å²) in [6, 6.07) is 10.2. The van der Waals surface area contributed by atoms with Gasteiger partial charge in [-0.05, 0) is 60.3 Å². The predicted molar refractivity (Wildman–Crippen MR) is 190 cm³/mol. The van der Waals surface area contributed by atoms with E-state index in [-0.39, 0.29) is 49.5 Å². The molecule has 4 aliphatic rings. The highest BCUT2D eigenvalue weighted by molar-refractivity contribution is 6.38. The number of aryl methyl sites for hydroxylation is 1. The van der Waals surface area contributed by atoms with E-state index in [2.05, 4.69) is 15.8 Å². The van der Waals surface area contributed by atoms with Crippen molar-refractivity contribution < 1.29 is 33.5 Å². The van der Waals surface area contributed by atoms with E-state index in [9.17, 15) is 24.0 Å². The van der Waals surface area contributed by atoms with E-state index in [1.165, 1.54) is 4.90 Å². The number of amides is 4. The molecule has 2 heterocycles. The van der Waals surface area contributed by atoms with Gasteiger partial charge in [-0.15, -0.1) is 0 Å². The van der Waals surface area contributed by atoms with Gasteiger partial charge in [-0.25, -0.2) is 0 Å². The fourth-order valence-electron chi connectivity index (χ4n) is 7.42. The average molecular weight is 720 g/mol. The van der Waals surface area contributed by atoms with Crippen molar-refractivity contribution in [2.75, 3.05) is 13.7 Å². The number of methoxy groups -OCH3 is 1. The summed E-state index contributed by atoms with van der Waals surface area (Å²) < 4.78 is 5.41. The molecule has 12 nitrogen and oxygen atoms in total. The molecule has 3 fully saturated rings. The number of hydrogen-bond acceptors (Lipinski definition) is 8. The third kappa shape index (κ3) is 7.75. The molecule has 2 aliphatic carbocycles. The van der Waals surface area contributed by atoms with Crippen LogP contribution in [0.5, 0.6) is 5.75 Å². The molecule has 0 bridgehead atoms. The normalized spacial score (nSPS) is 25.0. The molecular formula is C38H46ClN5O7. The van der Waals surface area contributed by atoms with Crippen LogP contribution in [-0.2, 0) is 28.8 Å². The summed E-state index contributed by atoms with van der Waals surface area (Å²) in [6.45, 7) is 7.44. The molecule has 1 saturated heterocycles. The maximum Gasteiger partial charge on any atom is 0.287 e. The van der Waals surface area contributed by atoms with Crippen LogP contribution in [0.2, 0.25) is 5.02 Å². The minimum atomic E-state index is -1.13. The largest absolute Gasteiger partial charge is 0.495 e. The maximum atomic E-state index is 14.7. The molecule has 0 unspecified atom stereocenters. The molecule has 4 amide bonds. The first-order valence-electron chi connectivity index (χ1n) is 17.5. The number of nitrogens with one attached hydrogen (secondary N) is 2. The average Bonchev–Trinajstić information content (AvgIpc) is 4.00. The first kappa shape index (κ1) is 36.3. The second-order valence-electron chi connectivity index (χ2n) is 15.6. The van der Waals surface area contributed by atoms with Crippen LogP contribution in [-0.4, -0.2) is 77.4 Å². The Labute approximate surface area is 302 Å². The van der Waals surface area contributed by atoms with Gasteiger partial charge in [0.2, 0.25) is 23.5 Å². The van der Waals surface area contributed by atoms with Gasteiger partial charge < -0.3 is 30.8 Å². The number of oxime groups is 1. The number of primary amides is 1. The first-order chi connectivity index (χ1) is 24.1. The van der Waals surface area contributed by atoms with E-state index in [0.717, 1.165) is 29.5 Å².